The fraction of sp³-hybridized carbons (Fsp3) is 0.105. The van der Waals surface area contributed by atoms with E-state index in [2.05, 4.69) is 33.0 Å². The van der Waals surface area contributed by atoms with Crippen molar-refractivity contribution >= 4 is 34.2 Å². The Morgan fingerprint density at radius 2 is 1.88 bits per heavy atom. The quantitative estimate of drug-likeness (QED) is 0.601. The Morgan fingerprint density at radius 3 is 2.58 bits per heavy atom. The predicted molar refractivity (Wildman–Crippen MR) is 106 cm³/mol. The third kappa shape index (κ3) is 3.67. The van der Waals surface area contributed by atoms with Gasteiger partial charge >= 0.3 is 0 Å². The second kappa shape index (κ2) is 7.36. The average Bonchev–Trinajstić information content (AvgIpc) is 2.58. The molecule has 132 valence electrons. The van der Waals surface area contributed by atoms with E-state index in [0.29, 0.717) is 11.4 Å². The van der Waals surface area contributed by atoms with Crippen LogP contribution in [0, 0.1) is 23.2 Å². The van der Waals surface area contributed by atoms with Crippen molar-refractivity contribution in [3.05, 3.63) is 85.1 Å². The summed E-state index contributed by atoms with van der Waals surface area (Å²) in [5, 5.41) is 6.79. The molecule has 3 aromatic rings. The fourth-order valence-electron chi connectivity index (χ4n) is 2.52. The minimum atomic E-state index is -0.635. The molecule has 1 heterocycles. The normalized spacial score (nSPS) is 10.6. The van der Waals surface area contributed by atoms with Gasteiger partial charge in [-0.05, 0) is 72.3 Å². The van der Waals surface area contributed by atoms with Gasteiger partial charge in [0.05, 0.1) is 0 Å². The molecule has 0 radical (unpaired) electrons. The van der Waals surface area contributed by atoms with Gasteiger partial charge in [-0.2, -0.15) is 5.10 Å². The van der Waals surface area contributed by atoms with Gasteiger partial charge in [-0.1, -0.05) is 12.1 Å². The van der Waals surface area contributed by atoms with Crippen LogP contribution < -0.4 is 10.7 Å². The van der Waals surface area contributed by atoms with Crippen LogP contribution in [0.3, 0.4) is 0 Å². The van der Waals surface area contributed by atoms with Crippen LogP contribution in [0.1, 0.15) is 21.7 Å². The maximum Gasteiger partial charge on any atom is 0.280 e. The van der Waals surface area contributed by atoms with E-state index < -0.39 is 17.2 Å². The Bertz CT molecular complexity index is 1060. The lowest BCUT2D eigenvalue weighted by atomic mass is 10.2. The van der Waals surface area contributed by atoms with Crippen LogP contribution in [-0.4, -0.2) is 15.7 Å². The van der Waals surface area contributed by atoms with Gasteiger partial charge in [-0.25, -0.2) is 9.07 Å². The molecule has 0 fully saturated rings. The minimum absolute atomic E-state index is 0.171. The molecule has 0 spiro atoms. The Balaban J connectivity index is 2.02. The summed E-state index contributed by atoms with van der Waals surface area (Å²) in [4.78, 5) is 24.8. The summed E-state index contributed by atoms with van der Waals surface area (Å²) >= 11 is 2.18. The predicted octanol–water partition coefficient (Wildman–Crippen LogP) is 3.85. The highest BCUT2D eigenvalue weighted by Crippen LogP contribution is 2.18. The number of para-hydroxylation sites is 1. The van der Waals surface area contributed by atoms with E-state index in [4.69, 9.17) is 0 Å². The Hall–Kier alpha value is -2.55. The summed E-state index contributed by atoms with van der Waals surface area (Å²) in [5.74, 6) is -1.13. The van der Waals surface area contributed by atoms with Gasteiger partial charge in [0.25, 0.3) is 5.91 Å². The van der Waals surface area contributed by atoms with Gasteiger partial charge in [-0.15, -0.1) is 0 Å². The first-order valence-electron chi connectivity index (χ1n) is 7.80. The van der Waals surface area contributed by atoms with E-state index in [0.717, 1.165) is 9.13 Å². The Morgan fingerprint density at radius 1 is 1.15 bits per heavy atom. The van der Waals surface area contributed by atoms with E-state index in [-0.39, 0.29) is 11.4 Å². The number of aromatic nitrogens is 2. The monoisotopic (exact) mass is 463 g/mol. The molecular formula is C19H15FIN3O2. The number of amides is 1. The maximum atomic E-state index is 14.1. The lowest BCUT2D eigenvalue weighted by Crippen LogP contribution is -2.27. The van der Waals surface area contributed by atoms with Crippen molar-refractivity contribution in [2.45, 2.75) is 13.8 Å². The number of carbonyl (C=O) groups excluding carboxylic acids is 1. The zero-order valence-corrected chi connectivity index (χ0v) is 16.2. The summed E-state index contributed by atoms with van der Waals surface area (Å²) in [6.45, 7) is 3.49. The zero-order valence-electron chi connectivity index (χ0n) is 14.1. The summed E-state index contributed by atoms with van der Waals surface area (Å²) < 4.78 is 16.4. The van der Waals surface area contributed by atoms with E-state index in [1.807, 2.05) is 19.1 Å². The number of hydrogen-bond donors (Lipinski definition) is 1. The maximum absolute atomic E-state index is 14.1. The summed E-state index contributed by atoms with van der Waals surface area (Å²) in [5.41, 5.74) is 1.25. The van der Waals surface area contributed by atoms with E-state index in [1.54, 1.807) is 25.1 Å². The van der Waals surface area contributed by atoms with Gasteiger partial charge in [0, 0.05) is 21.0 Å². The van der Waals surface area contributed by atoms with Crippen LogP contribution in [0.4, 0.5) is 10.1 Å². The van der Waals surface area contributed by atoms with Gasteiger partial charge in [-0.3, -0.25) is 9.59 Å². The molecule has 5 nitrogen and oxygen atoms in total. The van der Waals surface area contributed by atoms with E-state index >= 15 is 0 Å². The average molecular weight is 463 g/mol. The summed E-state index contributed by atoms with van der Waals surface area (Å²) in [7, 11) is 0. The largest absolute Gasteiger partial charge is 0.320 e. The third-order valence-electron chi connectivity index (χ3n) is 3.84. The molecule has 3 rings (SSSR count). The first-order valence-corrected chi connectivity index (χ1v) is 8.88. The van der Waals surface area contributed by atoms with Gasteiger partial charge < -0.3 is 5.32 Å². The minimum Gasteiger partial charge on any atom is -0.320 e. The lowest BCUT2D eigenvalue weighted by molar-refractivity contribution is 0.101. The van der Waals surface area contributed by atoms with Crippen molar-refractivity contribution in [2.24, 2.45) is 0 Å². The summed E-state index contributed by atoms with van der Waals surface area (Å²) in [6.07, 6.45) is 0. The van der Waals surface area contributed by atoms with Crippen molar-refractivity contribution in [3.8, 4) is 5.69 Å². The first kappa shape index (κ1) is 18.2. The van der Waals surface area contributed by atoms with Crippen LogP contribution in [0.5, 0.6) is 0 Å². The topological polar surface area (TPSA) is 64.0 Å². The van der Waals surface area contributed by atoms with Crippen molar-refractivity contribution in [3.63, 3.8) is 0 Å². The van der Waals surface area contributed by atoms with Crippen molar-refractivity contribution in [2.75, 3.05) is 5.32 Å². The van der Waals surface area contributed by atoms with Crippen LogP contribution in [0.25, 0.3) is 5.69 Å². The molecule has 0 saturated heterocycles. The molecule has 26 heavy (non-hydrogen) atoms. The Kier molecular flexibility index (Phi) is 5.17. The smallest absolute Gasteiger partial charge is 0.280 e. The molecule has 7 heteroatoms. The molecule has 0 aliphatic rings. The van der Waals surface area contributed by atoms with Crippen molar-refractivity contribution in [1.29, 1.82) is 0 Å². The SMILES string of the molecule is Cc1cc(I)ccc1NC(=O)c1nn(-c2ccccc2F)c(C)cc1=O. The number of nitrogens with zero attached hydrogens (tertiary/aromatic N) is 2. The summed E-state index contributed by atoms with van der Waals surface area (Å²) in [6, 6.07) is 12.8. The number of anilines is 1. The van der Waals surface area contributed by atoms with Crippen molar-refractivity contribution < 1.29 is 9.18 Å². The number of benzene rings is 2. The number of rotatable bonds is 3. The zero-order chi connectivity index (χ0) is 18.8. The molecule has 1 amide bonds. The standard InChI is InChI=1S/C19H15FIN3O2/c1-11-9-13(21)7-8-15(11)22-19(26)18-17(25)10-12(2)24(23-18)16-6-4-3-5-14(16)20/h3-10H,1-2H3,(H,22,26). The molecule has 0 aliphatic heterocycles. The van der Waals surface area contributed by atoms with E-state index in [9.17, 15) is 14.0 Å². The highest BCUT2D eigenvalue weighted by Gasteiger charge is 2.17. The number of aryl methyl sites for hydroxylation is 2. The van der Waals surface area contributed by atoms with Crippen molar-refractivity contribution in [1.82, 2.24) is 9.78 Å². The number of carbonyl (C=O) groups is 1. The highest BCUT2D eigenvalue weighted by molar-refractivity contribution is 14.1. The van der Waals surface area contributed by atoms with Crippen LogP contribution in [0.2, 0.25) is 0 Å². The molecule has 0 unspecified atom stereocenters. The lowest BCUT2D eigenvalue weighted by Gasteiger charge is -2.12. The molecular weight excluding hydrogens is 448 g/mol. The number of nitrogens with one attached hydrogen (secondary N) is 1. The first-order chi connectivity index (χ1) is 12.4. The molecule has 1 aromatic heterocycles. The third-order valence-corrected chi connectivity index (χ3v) is 4.51. The number of halogens is 2. The highest BCUT2D eigenvalue weighted by atomic mass is 127. The molecule has 2 aromatic carbocycles. The van der Waals surface area contributed by atoms with Gasteiger partial charge in [0.2, 0.25) is 5.43 Å². The van der Waals surface area contributed by atoms with E-state index in [1.165, 1.54) is 22.9 Å². The number of hydrogen-bond acceptors (Lipinski definition) is 3. The van der Waals surface area contributed by atoms with Crippen LogP contribution in [0.15, 0.2) is 53.3 Å². The Labute approximate surface area is 163 Å². The molecule has 0 saturated carbocycles. The van der Waals surface area contributed by atoms with Gasteiger partial charge in [0.15, 0.2) is 5.69 Å². The molecule has 0 bridgehead atoms. The molecule has 0 atom stereocenters. The second-order valence-electron chi connectivity index (χ2n) is 5.78. The fourth-order valence-corrected chi connectivity index (χ4v) is 3.17. The second-order valence-corrected chi connectivity index (χ2v) is 7.02. The van der Waals surface area contributed by atoms with Crippen LogP contribution in [-0.2, 0) is 0 Å². The molecule has 1 N–H and O–H groups in total. The van der Waals surface area contributed by atoms with Gasteiger partial charge in [0.1, 0.15) is 11.5 Å². The molecule has 0 aliphatic carbocycles. The van der Waals surface area contributed by atoms with Crippen LogP contribution >= 0.6 is 22.6 Å².